The summed E-state index contributed by atoms with van der Waals surface area (Å²) in [5, 5.41) is 3.45. The number of pyridine rings is 1. The predicted octanol–water partition coefficient (Wildman–Crippen LogP) is 2.25. The topological polar surface area (TPSA) is 31.4 Å². The predicted molar refractivity (Wildman–Crippen MR) is 87.6 cm³/mol. The number of hydrogen-bond donors (Lipinski definition) is 1. The maximum absolute atomic E-state index is 4.38. The minimum absolute atomic E-state index is 0.573. The summed E-state index contributed by atoms with van der Waals surface area (Å²) < 4.78 is 0. The Hall–Kier alpha value is -1.13. The molecule has 2 atom stereocenters. The summed E-state index contributed by atoms with van der Waals surface area (Å²) in [6.07, 6.45) is 8.09. The quantitative estimate of drug-likeness (QED) is 0.921. The van der Waals surface area contributed by atoms with Crippen molar-refractivity contribution in [2.75, 3.05) is 31.1 Å². The first-order valence-electron chi connectivity index (χ1n) is 8.44. The number of nitrogens with zero attached hydrogens (tertiary/aromatic N) is 3. The second-order valence-corrected chi connectivity index (χ2v) is 6.43. The van der Waals surface area contributed by atoms with Crippen molar-refractivity contribution in [1.29, 1.82) is 0 Å². The molecule has 1 aromatic heterocycles. The third-order valence-corrected chi connectivity index (χ3v) is 4.95. The van der Waals surface area contributed by atoms with Gasteiger partial charge in [-0.05, 0) is 44.5 Å². The number of piperazine rings is 1. The van der Waals surface area contributed by atoms with Crippen LogP contribution in [0, 0.1) is 0 Å². The molecule has 1 N–H and O–H groups in total. The van der Waals surface area contributed by atoms with E-state index in [2.05, 4.69) is 46.2 Å². The molecule has 0 amide bonds. The minimum Gasteiger partial charge on any atom is -0.364 e. The molecule has 116 valence electrons. The van der Waals surface area contributed by atoms with E-state index in [1.54, 1.807) is 0 Å². The SMILES string of the molecule is CCNCc1ccncc1N1CC2CCCCN2CC1C. The molecule has 0 bridgehead atoms. The molecule has 21 heavy (non-hydrogen) atoms. The molecule has 3 rings (SSSR count). The number of nitrogens with one attached hydrogen (secondary N) is 1. The maximum Gasteiger partial charge on any atom is 0.0601 e. The van der Waals surface area contributed by atoms with Crippen molar-refractivity contribution in [3.63, 3.8) is 0 Å². The first-order chi connectivity index (χ1) is 10.3. The lowest BCUT2D eigenvalue weighted by molar-refractivity contribution is 0.115. The van der Waals surface area contributed by atoms with Crippen LogP contribution >= 0.6 is 0 Å². The van der Waals surface area contributed by atoms with Gasteiger partial charge in [-0.1, -0.05) is 13.3 Å². The highest BCUT2D eigenvalue weighted by Gasteiger charge is 2.33. The van der Waals surface area contributed by atoms with E-state index < -0.39 is 0 Å². The van der Waals surface area contributed by atoms with Gasteiger partial charge in [0.2, 0.25) is 0 Å². The fourth-order valence-electron chi connectivity index (χ4n) is 3.77. The van der Waals surface area contributed by atoms with Gasteiger partial charge in [0.15, 0.2) is 0 Å². The van der Waals surface area contributed by atoms with Crippen molar-refractivity contribution in [3.05, 3.63) is 24.0 Å². The van der Waals surface area contributed by atoms with Gasteiger partial charge in [0, 0.05) is 37.9 Å². The van der Waals surface area contributed by atoms with E-state index in [1.807, 2.05) is 6.20 Å². The summed E-state index contributed by atoms with van der Waals surface area (Å²) in [5.74, 6) is 0. The van der Waals surface area contributed by atoms with Gasteiger partial charge in [-0.3, -0.25) is 9.88 Å². The summed E-state index contributed by atoms with van der Waals surface area (Å²) in [7, 11) is 0. The van der Waals surface area contributed by atoms with E-state index in [-0.39, 0.29) is 0 Å². The first-order valence-corrected chi connectivity index (χ1v) is 8.44. The molecule has 2 aliphatic rings. The Kier molecular flexibility index (Phi) is 4.76. The number of fused-ring (bicyclic) bond motifs is 1. The molecule has 0 saturated carbocycles. The number of rotatable bonds is 4. The molecule has 0 aromatic carbocycles. The smallest absolute Gasteiger partial charge is 0.0601 e. The fraction of sp³-hybridized carbons (Fsp3) is 0.706. The van der Waals surface area contributed by atoms with Gasteiger partial charge in [0.25, 0.3) is 0 Å². The van der Waals surface area contributed by atoms with Crippen LogP contribution in [0.15, 0.2) is 18.5 Å². The zero-order valence-corrected chi connectivity index (χ0v) is 13.4. The molecular weight excluding hydrogens is 260 g/mol. The van der Waals surface area contributed by atoms with Gasteiger partial charge in [-0.15, -0.1) is 0 Å². The molecule has 2 unspecified atom stereocenters. The molecular formula is C17H28N4. The highest BCUT2D eigenvalue weighted by molar-refractivity contribution is 5.53. The van der Waals surface area contributed by atoms with Gasteiger partial charge < -0.3 is 10.2 Å². The van der Waals surface area contributed by atoms with E-state index in [1.165, 1.54) is 43.6 Å². The van der Waals surface area contributed by atoms with Crippen molar-refractivity contribution in [3.8, 4) is 0 Å². The summed E-state index contributed by atoms with van der Waals surface area (Å²) in [4.78, 5) is 9.67. The standard InChI is InChI=1S/C17H28N4/c1-3-18-10-15-7-8-19-11-17(15)21-13-16-6-4-5-9-20(16)12-14(21)2/h7-8,11,14,16,18H,3-6,9-10,12-13H2,1-2H3. The van der Waals surface area contributed by atoms with Gasteiger partial charge in [0.1, 0.15) is 0 Å². The maximum atomic E-state index is 4.38. The molecule has 0 aliphatic carbocycles. The van der Waals surface area contributed by atoms with Gasteiger partial charge in [-0.25, -0.2) is 0 Å². The summed E-state index contributed by atoms with van der Waals surface area (Å²) >= 11 is 0. The summed E-state index contributed by atoms with van der Waals surface area (Å²) in [6.45, 7) is 10.1. The lowest BCUT2D eigenvalue weighted by Crippen LogP contribution is -2.59. The number of hydrogen-bond acceptors (Lipinski definition) is 4. The van der Waals surface area contributed by atoms with Crippen molar-refractivity contribution in [1.82, 2.24) is 15.2 Å². The second kappa shape index (κ2) is 6.75. The monoisotopic (exact) mass is 288 g/mol. The zero-order chi connectivity index (χ0) is 14.7. The van der Waals surface area contributed by atoms with Crippen LogP contribution in [0.3, 0.4) is 0 Å². The van der Waals surface area contributed by atoms with Crippen molar-refractivity contribution in [2.45, 2.75) is 51.7 Å². The highest BCUT2D eigenvalue weighted by atomic mass is 15.3. The molecule has 3 heterocycles. The third kappa shape index (κ3) is 3.22. The Morgan fingerprint density at radius 2 is 2.24 bits per heavy atom. The van der Waals surface area contributed by atoms with E-state index in [9.17, 15) is 0 Å². The Morgan fingerprint density at radius 3 is 3.10 bits per heavy atom. The number of piperidine rings is 1. The summed E-state index contributed by atoms with van der Waals surface area (Å²) in [5.41, 5.74) is 2.71. The van der Waals surface area contributed by atoms with Gasteiger partial charge in [-0.2, -0.15) is 0 Å². The van der Waals surface area contributed by atoms with Gasteiger partial charge in [0.05, 0.1) is 11.9 Å². The lowest BCUT2D eigenvalue weighted by Gasteiger charge is -2.48. The Labute approximate surface area is 128 Å². The van der Waals surface area contributed by atoms with Crippen LogP contribution in [-0.2, 0) is 6.54 Å². The molecule has 2 saturated heterocycles. The van der Waals surface area contributed by atoms with Crippen LogP contribution in [0.1, 0.15) is 38.7 Å². The Morgan fingerprint density at radius 1 is 1.33 bits per heavy atom. The van der Waals surface area contributed by atoms with E-state index in [0.29, 0.717) is 6.04 Å². The van der Waals surface area contributed by atoms with Crippen LogP contribution in [-0.4, -0.2) is 48.1 Å². The lowest BCUT2D eigenvalue weighted by atomic mass is 9.96. The van der Waals surface area contributed by atoms with E-state index in [4.69, 9.17) is 0 Å². The highest BCUT2D eigenvalue weighted by Crippen LogP contribution is 2.29. The van der Waals surface area contributed by atoms with Crippen LogP contribution in [0.25, 0.3) is 0 Å². The molecule has 0 radical (unpaired) electrons. The molecule has 4 heteroatoms. The van der Waals surface area contributed by atoms with Crippen LogP contribution in [0.4, 0.5) is 5.69 Å². The fourth-order valence-corrected chi connectivity index (χ4v) is 3.77. The van der Waals surface area contributed by atoms with Gasteiger partial charge >= 0.3 is 0 Å². The molecule has 2 aliphatic heterocycles. The Bertz CT molecular complexity index is 462. The molecule has 1 aromatic rings. The molecule has 4 nitrogen and oxygen atoms in total. The Balaban J connectivity index is 1.79. The number of aromatic nitrogens is 1. The molecule has 0 spiro atoms. The van der Waals surface area contributed by atoms with Crippen molar-refractivity contribution in [2.24, 2.45) is 0 Å². The van der Waals surface area contributed by atoms with E-state index >= 15 is 0 Å². The zero-order valence-electron chi connectivity index (χ0n) is 13.4. The van der Waals surface area contributed by atoms with Crippen LogP contribution in [0.5, 0.6) is 0 Å². The van der Waals surface area contributed by atoms with Crippen molar-refractivity contribution < 1.29 is 0 Å². The van der Waals surface area contributed by atoms with Crippen LogP contribution < -0.4 is 10.2 Å². The molecule has 2 fully saturated rings. The summed E-state index contributed by atoms with van der Waals surface area (Å²) in [6, 6.07) is 3.48. The van der Waals surface area contributed by atoms with Crippen LogP contribution in [0.2, 0.25) is 0 Å². The second-order valence-electron chi connectivity index (χ2n) is 6.43. The third-order valence-electron chi connectivity index (χ3n) is 4.95. The first kappa shape index (κ1) is 14.8. The average molecular weight is 288 g/mol. The van der Waals surface area contributed by atoms with Crippen molar-refractivity contribution >= 4 is 5.69 Å². The minimum atomic E-state index is 0.573. The van der Waals surface area contributed by atoms with E-state index in [0.717, 1.165) is 25.7 Å². The normalized spacial score (nSPS) is 26.7. The number of anilines is 1. The largest absolute Gasteiger partial charge is 0.364 e. The average Bonchev–Trinajstić information content (AvgIpc) is 2.52.